The summed E-state index contributed by atoms with van der Waals surface area (Å²) in [5.74, 6) is 1.93. The lowest BCUT2D eigenvalue weighted by molar-refractivity contribution is 0.101. The Morgan fingerprint density at radius 2 is 0.692 bits per heavy atom. The van der Waals surface area contributed by atoms with E-state index in [1.165, 1.54) is 40.7 Å². The summed E-state index contributed by atoms with van der Waals surface area (Å²) in [7, 11) is 0. The Morgan fingerprint density at radius 3 is 1.12 bits per heavy atom. The molecule has 0 amide bonds. The van der Waals surface area contributed by atoms with E-state index in [1.54, 1.807) is 18.7 Å². The SMILES string of the molecule is CC(=O)c1ccccc1.O=C(c1ccccc1)c1ccccc1.c1ccc(-c2cnc3ccccc3n2)cc1.c1ccc(Oc2ccccc2)cc1.c1ccc(Sc2ccccc2)cc1.c1ccc2c(c1)oc1ccccc12.c1ccc2c(c1)sc1ccccc12. The first-order valence-corrected chi connectivity index (χ1v) is 31.3. The van der Waals surface area contributed by atoms with Crippen LogP contribution in [-0.2, 0) is 0 Å². The van der Waals surface area contributed by atoms with E-state index >= 15 is 0 Å². The highest BCUT2D eigenvalue weighted by Gasteiger charge is 2.08. The molecule has 6 nitrogen and oxygen atoms in total. The second kappa shape index (κ2) is 33.7. The van der Waals surface area contributed by atoms with Gasteiger partial charge < -0.3 is 9.15 Å². The molecule has 0 spiro atoms. The number of Topliss-reactive ketones (excluding diaryl/α,β-unsaturated/α-hetero) is 1. The number of thiophene rings is 1. The van der Waals surface area contributed by atoms with Crippen molar-refractivity contribution in [1.29, 1.82) is 0 Å². The average molecular weight is 1220 g/mol. The molecule has 0 unspecified atom stereocenters. The monoisotopic (exact) mass is 1220 g/mol. The highest BCUT2D eigenvalue weighted by Crippen LogP contribution is 2.33. The minimum absolute atomic E-state index is 0.0752. The zero-order valence-electron chi connectivity index (χ0n) is 50.1. The average Bonchev–Trinajstić information content (AvgIpc) is 2.06. The van der Waals surface area contributed by atoms with E-state index in [1.807, 2.05) is 272 Å². The fourth-order valence-electron chi connectivity index (χ4n) is 9.30. The molecule has 0 atom stereocenters. The van der Waals surface area contributed by atoms with Crippen LogP contribution in [0.15, 0.2) is 384 Å². The van der Waals surface area contributed by atoms with E-state index in [2.05, 4.69) is 119 Å². The molecule has 0 fully saturated rings. The molecule has 3 heterocycles. The van der Waals surface area contributed by atoms with Gasteiger partial charge >= 0.3 is 0 Å². The van der Waals surface area contributed by atoms with Crippen LogP contribution in [0.2, 0.25) is 0 Å². The van der Waals surface area contributed by atoms with Gasteiger partial charge in [-0.15, -0.1) is 11.3 Å². The Balaban J connectivity index is 0.000000117. The molecule has 16 rings (SSSR count). The van der Waals surface area contributed by atoms with Crippen LogP contribution in [0.25, 0.3) is 64.4 Å². The summed E-state index contributed by atoms with van der Waals surface area (Å²) in [6, 6.07) is 119. The minimum Gasteiger partial charge on any atom is -0.457 e. The molecule has 442 valence electrons. The maximum Gasteiger partial charge on any atom is 0.193 e. The van der Waals surface area contributed by atoms with E-state index in [0.29, 0.717) is 0 Å². The van der Waals surface area contributed by atoms with E-state index in [-0.39, 0.29) is 11.6 Å². The summed E-state index contributed by atoms with van der Waals surface area (Å²) >= 11 is 3.65. The number of fused-ring (bicyclic) bond motifs is 7. The fourth-order valence-corrected chi connectivity index (χ4v) is 11.3. The van der Waals surface area contributed by atoms with Gasteiger partial charge in [0.15, 0.2) is 11.6 Å². The molecule has 91 heavy (non-hydrogen) atoms. The van der Waals surface area contributed by atoms with Crippen molar-refractivity contribution in [3.05, 3.63) is 387 Å². The predicted octanol–water partition coefficient (Wildman–Crippen LogP) is 23.1. The number of nitrogens with zero attached hydrogens (tertiary/aromatic N) is 2. The summed E-state index contributed by atoms with van der Waals surface area (Å²) in [5.41, 5.74) is 8.05. The summed E-state index contributed by atoms with van der Waals surface area (Å²) in [6.07, 6.45) is 1.82. The lowest BCUT2D eigenvalue weighted by atomic mass is 10.0. The van der Waals surface area contributed by atoms with Crippen LogP contribution in [0.1, 0.15) is 33.2 Å². The van der Waals surface area contributed by atoms with Gasteiger partial charge in [0.25, 0.3) is 0 Å². The molecule has 8 heteroatoms. The number of hydrogen-bond donors (Lipinski definition) is 0. The Kier molecular flexibility index (Phi) is 23.3. The smallest absolute Gasteiger partial charge is 0.193 e. The van der Waals surface area contributed by atoms with Gasteiger partial charge in [0.1, 0.15) is 22.7 Å². The van der Waals surface area contributed by atoms with Gasteiger partial charge in [-0.25, -0.2) is 4.98 Å². The number of para-hydroxylation sites is 6. The standard InChI is InChI=1S/C14H10N2.C13H10O.C12H8O.C12H10O.C12H8S.C12H10S.C8H8O/c1-2-6-11(7-3-1)14-10-15-12-8-4-5-9-13(12)16-14;14-13(11-7-3-1-4-8-11)12-9-5-2-6-10-12;1-3-7-11-9(5-1)10-6-2-4-8-12(10)13-11;1-3-7-11(8-4-1)13-12-9-5-2-6-10-12;1-3-7-11-9(5-1)10-6-2-4-8-12(10)13-11;1-3-7-11(8-4-1)13-12-9-5-2-6-10-12;1-7(9)8-5-3-2-4-6-8/h1-10H;1-10H;1-8H;1-10H;1-8H;1-10H;2-6H,1H3. The van der Waals surface area contributed by atoms with Crippen molar-refractivity contribution in [1.82, 2.24) is 9.97 Å². The molecule has 0 aliphatic carbocycles. The summed E-state index contributed by atoms with van der Waals surface area (Å²) < 4.78 is 14.0. The normalized spacial score (nSPS) is 10.2. The van der Waals surface area contributed by atoms with Gasteiger partial charge in [-0.1, -0.05) is 291 Å². The molecule has 0 radical (unpaired) electrons. The first-order valence-electron chi connectivity index (χ1n) is 29.7. The number of furan rings is 1. The van der Waals surface area contributed by atoms with Crippen molar-refractivity contribution in [2.24, 2.45) is 0 Å². The van der Waals surface area contributed by atoms with Crippen LogP contribution in [0, 0.1) is 0 Å². The highest BCUT2D eigenvalue weighted by atomic mass is 32.2. The van der Waals surface area contributed by atoms with Crippen LogP contribution >= 0.6 is 23.1 Å². The van der Waals surface area contributed by atoms with Crippen LogP contribution in [-0.4, -0.2) is 21.5 Å². The van der Waals surface area contributed by atoms with Crippen LogP contribution in [0.3, 0.4) is 0 Å². The molecule has 0 aliphatic heterocycles. The largest absolute Gasteiger partial charge is 0.457 e. The van der Waals surface area contributed by atoms with Gasteiger partial charge in [-0.3, -0.25) is 14.6 Å². The number of hydrogen-bond acceptors (Lipinski definition) is 8. The molecule has 3 aromatic heterocycles. The quantitative estimate of drug-likeness (QED) is 0.140. The van der Waals surface area contributed by atoms with E-state index in [4.69, 9.17) is 9.15 Å². The maximum atomic E-state index is 11.8. The highest BCUT2D eigenvalue weighted by molar-refractivity contribution is 7.99. The number of ketones is 2. The second-order valence-corrected chi connectivity index (χ2v) is 22.5. The second-order valence-electron chi connectivity index (χ2n) is 20.2. The van der Waals surface area contributed by atoms with E-state index in [0.717, 1.165) is 61.6 Å². The molecule has 13 aromatic carbocycles. The van der Waals surface area contributed by atoms with Crippen LogP contribution in [0.5, 0.6) is 11.5 Å². The van der Waals surface area contributed by atoms with Crippen molar-refractivity contribution in [2.45, 2.75) is 16.7 Å². The number of carbonyl (C=O) groups is 2. The van der Waals surface area contributed by atoms with Crippen LogP contribution in [0.4, 0.5) is 0 Å². The molecular weight excluding hydrogens is 1150 g/mol. The van der Waals surface area contributed by atoms with Gasteiger partial charge in [0, 0.05) is 63.0 Å². The Morgan fingerprint density at radius 1 is 0.352 bits per heavy atom. The molecule has 0 aliphatic rings. The van der Waals surface area contributed by atoms with Crippen molar-refractivity contribution < 1.29 is 18.7 Å². The first-order chi connectivity index (χ1) is 44.9. The van der Waals surface area contributed by atoms with Gasteiger partial charge in [0.05, 0.1) is 22.9 Å². The molecule has 0 saturated carbocycles. The van der Waals surface area contributed by atoms with E-state index in [9.17, 15) is 9.59 Å². The molecule has 0 saturated heterocycles. The summed E-state index contributed by atoms with van der Waals surface area (Å²) in [4.78, 5) is 34.0. The summed E-state index contributed by atoms with van der Waals surface area (Å²) in [5, 5.41) is 5.14. The summed E-state index contributed by atoms with van der Waals surface area (Å²) in [6.45, 7) is 1.56. The van der Waals surface area contributed by atoms with Crippen molar-refractivity contribution >= 4 is 87.8 Å². The number of carbonyl (C=O) groups excluding carboxylic acids is 2. The molecule has 0 N–H and O–H groups in total. The number of ether oxygens (including phenoxy) is 1. The Hall–Kier alpha value is -11.3. The maximum absolute atomic E-state index is 11.8. The number of benzene rings is 13. The topological polar surface area (TPSA) is 82.3 Å². The molecule has 0 bridgehead atoms. The van der Waals surface area contributed by atoms with Crippen LogP contribution < -0.4 is 4.74 Å². The zero-order valence-corrected chi connectivity index (χ0v) is 51.7. The first kappa shape index (κ1) is 62.8. The van der Waals surface area contributed by atoms with Crippen molar-refractivity contribution in [3.63, 3.8) is 0 Å². The van der Waals surface area contributed by atoms with Gasteiger partial charge in [-0.05, 0) is 91.9 Å². The van der Waals surface area contributed by atoms with Crippen molar-refractivity contribution in [2.75, 3.05) is 0 Å². The molecule has 16 aromatic rings. The third-order valence-corrected chi connectivity index (χ3v) is 16.0. The van der Waals surface area contributed by atoms with Crippen molar-refractivity contribution in [3.8, 4) is 22.8 Å². The number of rotatable bonds is 8. The Bertz CT molecular complexity index is 4390. The number of aromatic nitrogens is 2. The van der Waals surface area contributed by atoms with E-state index < -0.39 is 0 Å². The third-order valence-electron chi connectivity index (χ3n) is 13.8. The van der Waals surface area contributed by atoms with Gasteiger partial charge in [-0.2, -0.15) is 0 Å². The predicted molar refractivity (Wildman–Crippen MR) is 381 cm³/mol. The zero-order chi connectivity index (χ0) is 62.5. The lowest BCUT2D eigenvalue weighted by Crippen LogP contribution is -1.99. The van der Waals surface area contributed by atoms with Gasteiger partial charge in [0.2, 0.25) is 0 Å². The fraction of sp³-hybridized carbons (Fsp3) is 0.0120. The molecular formula is C83H64N2O4S2. The lowest BCUT2D eigenvalue weighted by Gasteiger charge is -2.03. The Labute approximate surface area is 539 Å². The third kappa shape index (κ3) is 18.9. The minimum atomic E-state index is 0.0752.